The summed E-state index contributed by atoms with van der Waals surface area (Å²) in [5.74, 6) is 0. The number of carbonyl (C=O) groups is 1. The topological polar surface area (TPSA) is 17.1 Å². The van der Waals surface area contributed by atoms with Crippen molar-refractivity contribution in [3.05, 3.63) is 44.9 Å². The van der Waals surface area contributed by atoms with E-state index in [0.717, 1.165) is 11.7 Å². The summed E-state index contributed by atoms with van der Waals surface area (Å²) < 4.78 is 0. The second kappa shape index (κ2) is 4.01. The van der Waals surface area contributed by atoms with E-state index in [0.29, 0.717) is 26.0 Å². The molecule has 1 nitrogen and oxygen atoms in total. The summed E-state index contributed by atoms with van der Waals surface area (Å²) >= 11 is 17.9. The number of benzene rings is 2. The van der Waals surface area contributed by atoms with Gasteiger partial charge in [-0.2, -0.15) is 0 Å². The van der Waals surface area contributed by atoms with Gasteiger partial charge in [0.2, 0.25) is 0 Å². The van der Waals surface area contributed by atoms with Gasteiger partial charge in [-0.15, -0.1) is 0 Å². The summed E-state index contributed by atoms with van der Waals surface area (Å²) in [4.78, 5) is 10.6. The first kappa shape index (κ1) is 10.7. The SMILES string of the molecule is O=Cc1cc(Cl)c2c(Cl)cc(Cl)cc2c1. The van der Waals surface area contributed by atoms with E-state index in [4.69, 9.17) is 34.8 Å². The van der Waals surface area contributed by atoms with Crippen LogP contribution in [0, 0.1) is 0 Å². The van der Waals surface area contributed by atoms with Gasteiger partial charge in [-0.05, 0) is 29.7 Å². The summed E-state index contributed by atoms with van der Waals surface area (Å²) in [7, 11) is 0. The van der Waals surface area contributed by atoms with Crippen molar-refractivity contribution >= 4 is 51.9 Å². The van der Waals surface area contributed by atoms with Crippen LogP contribution in [0.1, 0.15) is 10.4 Å². The molecule has 0 aliphatic rings. The Labute approximate surface area is 102 Å². The summed E-state index contributed by atoms with van der Waals surface area (Å²) in [6.07, 6.45) is 0.736. The zero-order chi connectivity index (χ0) is 11.0. The molecule has 0 bridgehead atoms. The van der Waals surface area contributed by atoms with Crippen molar-refractivity contribution in [3.63, 3.8) is 0 Å². The molecule has 76 valence electrons. The van der Waals surface area contributed by atoms with Crippen LogP contribution in [0.15, 0.2) is 24.3 Å². The number of hydrogen-bond acceptors (Lipinski definition) is 1. The maximum atomic E-state index is 10.6. The van der Waals surface area contributed by atoms with E-state index in [1.54, 1.807) is 24.3 Å². The smallest absolute Gasteiger partial charge is 0.150 e. The Kier molecular flexibility index (Phi) is 2.87. The molecular weight excluding hydrogens is 254 g/mol. The minimum Gasteiger partial charge on any atom is -0.298 e. The lowest BCUT2D eigenvalue weighted by Gasteiger charge is -2.05. The molecule has 2 aromatic rings. The standard InChI is InChI=1S/C11H5Cl3O/c12-8-3-7-1-6(5-15)2-9(13)11(7)10(14)4-8/h1-5H. The number of carbonyl (C=O) groups excluding carboxylic acids is 1. The molecule has 0 radical (unpaired) electrons. The normalized spacial score (nSPS) is 10.6. The molecule has 0 atom stereocenters. The van der Waals surface area contributed by atoms with Crippen LogP contribution in [0.3, 0.4) is 0 Å². The second-order valence-electron chi connectivity index (χ2n) is 3.11. The van der Waals surface area contributed by atoms with Gasteiger partial charge in [0.05, 0.1) is 10.0 Å². The average Bonchev–Trinajstić information content (AvgIpc) is 2.15. The van der Waals surface area contributed by atoms with Crippen LogP contribution in [0.2, 0.25) is 15.1 Å². The van der Waals surface area contributed by atoms with Crippen molar-refractivity contribution in [1.29, 1.82) is 0 Å². The Bertz CT molecular complexity index is 549. The summed E-state index contributed by atoms with van der Waals surface area (Å²) in [5.41, 5.74) is 0.505. The minimum atomic E-state index is 0.455. The molecule has 0 amide bonds. The predicted octanol–water partition coefficient (Wildman–Crippen LogP) is 4.61. The molecule has 0 heterocycles. The average molecular weight is 260 g/mol. The molecule has 0 aromatic heterocycles. The third-order valence-corrected chi connectivity index (χ3v) is 2.89. The third-order valence-electron chi connectivity index (χ3n) is 2.08. The van der Waals surface area contributed by atoms with Crippen molar-refractivity contribution in [2.45, 2.75) is 0 Å². The molecule has 0 aliphatic heterocycles. The molecule has 0 spiro atoms. The van der Waals surface area contributed by atoms with E-state index in [-0.39, 0.29) is 0 Å². The van der Waals surface area contributed by atoms with Crippen LogP contribution < -0.4 is 0 Å². The highest BCUT2D eigenvalue weighted by atomic mass is 35.5. The number of aldehydes is 1. The zero-order valence-electron chi connectivity index (χ0n) is 7.43. The lowest BCUT2D eigenvalue weighted by molar-refractivity contribution is 0.112. The van der Waals surface area contributed by atoms with Gasteiger partial charge in [-0.3, -0.25) is 4.79 Å². The maximum absolute atomic E-state index is 10.6. The molecule has 0 fully saturated rings. The van der Waals surface area contributed by atoms with E-state index in [9.17, 15) is 4.79 Å². The number of halogens is 3. The van der Waals surface area contributed by atoms with Crippen LogP contribution in [-0.4, -0.2) is 6.29 Å². The van der Waals surface area contributed by atoms with E-state index >= 15 is 0 Å². The molecule has 0 saturated carbocycles. The minimum absolute atomic E-state index is 0.455. The number of fused-ring (bicyclic) bond motifs is 1. The van der Waals surface area contributed by atoms with Gasteiger partial charge < -0.3 is 0 Å². The highest BCUT2D eigenvalue weighted by Gasteiger charge is 2.07. The third kappa shape index (κ3) is 1.96. The van der Waals surface area contributed by atoms with E-state index in [1.807, 2.05) is 0 Å². The lowest BCUT2D eigenvalue weighted by atomic mass is 10.1. The van der Waals surface area contributed by atoms with Gasteiger partial charge in [0.25, 0.3) is 0 Å². The summed E-state index contributed by atoms with van der Waals surface area (Å²) in [5, 5.41) is 2.94. The molecule has 0 unspecified atom stereocenters. The van der Waals surface area contributed by atoms with Gasteiger partial charge >= 0.3 is 0 Å². The first-order chi connectivity index (χ1) is 7.11. The molecule has 0 N–H and O–H groups in total. The Morgan fingerprint density at radius 3 is 2.27 bits per heavy atom. The van der Waals surface area contributed by atoms with Gasteiger partial charge in [0.1, 0.15) is 6.29 Å². The monoisotopic (exact) mass is 258 g/mol. The molecular formula is C11H5Cl3O. The highest BCUT2D eigenvalue weighted by molar-refractivity contribution is 6.43. The Morgan fingerprint density at radius 1 is 0.933 bits per heavy atom. The lowest BCUT2D eigenvalue weighted by Crippen LogP contribution is -1.83. The largest absolute Gasteiger partial charge is 0.298 e. The van der Waals surface area contributed by atoms with E-state index in [2.05, 4.69) is 0 Å². The van der Waals surface area contributed by atoms with Crippen molar-refractivity contribution in [2.75, 3.05) is 0 Å². The Morgan fingerprint density at radius 2 is 1.60 bits per heavy atom. The van der Waals surface area contributed by atoms with Crippen molar-refractivity contribution in [1.82, 2.24) is 0 Å². The van der Waals surface area contributed by atoms with Crippen LogP contribution in [0.25, 0.3) is 10.8 Å². The van der Waals surface area contributed by atoms with Gasteiger partial charge in [-0.25, -0.2) is 0 Å². The fourth-order valence-corrected chi connectivity index (χ4v) is 2.46. The van der Waals surface area contributed by atoms with Crippen molar-refractivity contribution in [2.24, 2.45) is 0 Å². The van der Waals surface area contributed by atoms with Crippen molar-refractivity contribution < 1.29 is 4.79 Å². The summed E-state index contributed by atoms with van der Waals surface area (Å²) in [6, 6.07) is 6.63. The Hall–Kier alpha value is -0.760. The molecule has 4 heteroatoms. The predicted molar refractivity (Wildman–Crippen MR) is 64.4 cm³/mol. The van der Waals surface area contributed by atoms with Crippen LogP contribution in [0.5, 0.6) is 0 Å². The zero-order valence-corrected chi connectivity index (χ0v) is 9.70. The summed E-state index contributed by atoms with van der Waals surface area (Å²) in [6.45, 7) is 0. The molecule has 0 saturated heterocycles. The number of hydrogen-bond donors (Lipinski definition) is 0. The maximum Gasteiger partial charge on any atom is 0.150 e. The highest BCUT2D eigenvalue weighted by Crippen LogP contribution is 2.33. The quantitative estimate of drug-likeness (QED) is 0.683. The molecule has 0 aliphatic carbocycles. The van der Waals surface area contributed by atoms with E-state index in [1.165, 1.54) is 0 Å². The fourth-order valence-electron chi connectivity index (χ4n) is 1.47. The Balaban J connectivity index is 2.91. The van der Waals surface area contributed by atoms with Crippen LogP contribution in [-0.2, 0) is 0 Å². The van der Waals surface area contributed by atoms with Gasteiger partial charge in [0, 0.05) is 16.0 Å². The van der Waals surface area contributed by atoms with Crippen LogP contribution in [0.4, 0.5) is 0 Å². The van der Waals surface area contributed by atoms with E-state index < -0.39 is 0 Å². The van der Waals surface area contributed by atoms with Crippen LogP contribution >= 0.6 is 34.8 Å². The first-order valence-corrected chi connectivity index (χ1v) is 5.28. The fraction of sp³-hybridized carbons (Fsp3) is 0. The van der Waals surface area contributed by atoms with Gasteiger partial charge in [0.15, 0.2) is 0 Å². The number of rotatable bonds is 1. The van der Waals surface area contributed by atoms with Crippen molar-refractivity contribution in [3.8, 4) is 0 Å². The second-order valence-corrected chi connectivity index (χ2v) is 4.36. The molecule has 2 aromatic carbocycles. The first-order valence-electron chi connectivity index (χ1n) is 4.15. The molecule has 15 heavy (non-hydrogen) atoms. The molecule has 2 rings (SSSR count). The van der Waals surface area contributed by atoms with Gasteiger partial charge in [-0.1, -0.05) is 34.8 Å².